The lowest BCUT2D eigenvalue weighted by molar-refractivity contribution is -0.174. The number of hydrogen-bond acceptors (Lipinski definition) is 13. The third-order valence-electron chi connectivity index (χ3n) is 6.93. The monoisotopic (exact) mass is 616 g/mol. The normalized spacial score (nSPS) is 23.4. The number of ether oxygens (including phenoxy) is 5. The van der Waals surface area contributed by atoms with E-state index in [0.29, 0.717) is 11.2 Å². The minimum Gasteiger partial charge on any atom is -0.456 e. The minimum atomic E-state index is -4.36. The number of fused-ring (bicyclic) bond motifs is 1. The molecule has 2 aromatic heterocycles. The van der Waals surface area contributed by atoms with E-state index in [-0.39, 0.29) is 24.8 Å². The van der Waals surface area contributed by atoms with Crippen molar-refractivity contribution in [3.8, 4) is 11.8 Å². The van der Waals surface area contributed by atoms with Crippen LogP contribution in [0.1, 0.15) is 32.6 Å². The minimum absolute atomic E-state index is 0.197. The predicted molar refractivity (Wildman–Crippen MR) is 149 cm³/mol. The number of nitrogens with one attached hydrogen (secondary N) is 1. The van der Waals surface area contributed by atoms with Crippen LogP contribution in [0.5, 0.6) is 5.75 Å². The summed E-state index contributed by atoms with van der Waals surface area (Å²) in [7, 11) is -3.06. The molecule has 43 heavy (non-hydrogen) atoms. The second-order valence-electron chi connectivity index (χ2n) is 10.5. The summed E-state index contributed by atoms with van der Waals surface area (Å²) in [5.74, 6) is -1.39. The molecule has 4 heterocycles. The fourth-order valence-corrected chi connectivity index (χ4v) is 6.16. The van der Waals surface area contributed by atoms with Crippen molar-refractivity contribution in [1.82, 2.24) is 19.7 Å². The Morgan fingerprint density at radius 1 is 1.28 bits per heavy atom. The molecule has 3 N–H and O–H groups in total. The van der Waals surface area contributed by atoms with Crippen LogP contribution < -0.4 is 15.3 Å². The summed E-state index contributed by atoms with van der Waals surface area (Å²) in [6.45, 7) is 4.77. The van der Waals surface area contributed by atoms with E-state index in [0.717, 1.165) is 0 Å². The average molecular weight is 617 g/mol. The number of hydrogen-bond donors (Lipinski definition) is 2. The quantitative estimate of drug-likeness (QED) is 0.223. The Hall–Kier alpha value is -3.61. The average Bonchev–Trinajstić information content (AvgIpc) is 3.53. The number of nitriles is 1. The number of nitrogens with two attached hydrogens (primary N) is 1. The van der Waals surface area contributed by atoms with Gasteiger partial charge in [0.25, 0.3) is 0 Å². The SMILES string of the molecule is COC(C#N)(COP(=O)(N[C@@H](C)C(=O)OC1COC1)Oc1ccccc1)[C@H]1OC(C)(C)O[C@H]1c1ccc2c(N)ncnn12. The topological polar surface area (TPSA) is 191 Å². The Morgan fingerprint density at radius 2 is 2.02 bits per heavy atom. The predicted octanol–water partition coefficient (Wildman–Crippen LogP) is 2.54. The fraction of sp³-hybridized carbons (Fsp3) is 0.481. The van der Waals surface area contributed by atoms with Crippen LogP contribution in [0.2, 0.25) is 0 Å². The van der Waals surface area contributed by atoms with Gasteiger partial charge in [0.2, 0.25) is 5.60 Å². The second kappa shape index (κ2) is 12.2. The molecule has 2 fully saturated rings. The van der Waals surface area contributed by atoms with Crippen molar-refractivity contribution in [2.24, 2.45) is 0 Å². The van der Waals surface area contributed by atoms with Gasteiger partial charge < -0.3 is 33.9 Å². The maximum atomic E-state index is 14.2. The summed E-state index contributed by atoms with van der Waals surface area (Å²) in [6, 6.07) is 12.7. The summed E-state index contributed by atoms with van der Waals surface area (Å²) in [5.41, 5.74) is 5.17. The first-order valence-electron chi connectivity index (χ1n) is 13.4. The summed E-state index contributed by atoms with van der Waals surface area (Å²) >= 11 is 0. The molecule has 0 saturated carbocycles. The largest absolute Gasteiger partial charge is 0.459 e. The highest BCUT2D eigenvalue weighted by Gasteiger charge is 2.56. The van der Waals surface area contributed by atoms with E-state index in [1.807, 2.05) is 0 Å². The Morgan fingerprint density at radius 3 is 2.67 bits per heavy atom. The van der Waals surface area contributed by atoms with E-state index in [2.05, 4.69) is 21.2 Å². The van der Waals surface area contributed by atoms with E-state index in [4.69, 9.17) is 38.5 Å². The lowest BCUT2D eigenvalue weighted by Crippen LogP contribution is -2.50. The molecule has 0 amide bonds. The molecule has 2 aliphatic heterocycles. The number of aromatic nitrogens is 3. The van der Waals surface area contributed by atoms with Gasteiger partial charge in [-0.2, -0.15) is 15.4 Å². The first kappa shape index (κ1) is 30.8. The molecule has 1 aromatic carbocycles. The Labute approximate surface area is 247 Å². The number of methoxy groups -OCH3 is 1. The zero-order valence-corrected chi connectivity index (χ0v) is 24.9. The first-order valence-corrected chi connectivity index (χ1v) is 15.0. The summed E-state index contributed by atoms with van der Waals surface area (Å²) in [6.07, 6.45) is -1.11. The van der Waals surface area contributed by atoms with Crippen LogP contribution in [-0.4, -0.2) is 77.1 Å². The van der Waals surface area contributed by atoms with Crippen LogP contribution in [-0.2, 0) is 37.6 Å². The van der Waals surface area contributed by atoms with Crippen LogP contribution in [0.4, 0.5) is 5.82 Å². The van der Waals surface area contributed by atoms with Crippen molar-refractivity contribution >= 4 is 25.1 Å². The molecule has 0 bridgehead atoms. The van der Waals surface area contributed by atoms with Crippen molar-refractivity contribution in [1.29, 1.82) is 5.26 Å². The number of para-hydroxylation sites is 1. The molecule has 3 aromatic rings. The molecule has 0 radical (unpaired) electrons. The van der Waals surface area contributed by atoms with Gasteiger partial charge in [0.05, 0.1) is 18.9 Å². The Balaban J connectivity index is 1.43. The summed E-state index contributed by atoms with van der Waals surface area (Å²) in [4.78, 5) is 16.7. The fourth-order valence-electron chi connectivity index (χ4n) is 4.63. The highest BCUT2D eigenvalue weighted by Crippen LogP contribution is 2.49. The molecule has 5 atom stereocenters. The van der Waals surface area contributed by atoms with Crippen LogP contribution in [0, 0.1) is 11.3 Å². The molecule has 5 rings (SSSR count). The van der Waals surface area contributed by atoms with Crippen LogP contribution in [0.15, 0.2) is 48.8 Å². The lowest BCUT2D eigenvalue weighted by Gasteiger charge is -2.34. The molecule has 230 valence electrons. The van der Waals surface area contributed by atoms with Gasteiger partial charge in [0, 0.05) is 7.11 Å². The summed E-state index contributed by atoms with van der Waals surface area (Å²) < 4.78 is 55.8. The molecule has 16 heteroatoms. The van der Waals surface area contributed by atoms with Gasteiger partial charge in [-0.15, -0.1) is 0 Å². The van der Waals surface area contributed by atoms with Crippen molar-refractivity contribution in [2.45, 2.75) is 56.5 Å². The third-order valence-corrected chi connectivity index (χ3v) is 8.55. The molecular weight excluding hydrogens is 583 g/mol. The molecule has 2 unspecified atom stereocenters. The lowest BCUT2D eigenvalue weighted by atomic mass is 9.93. The number of anilines is 1. The van der Waals surface area contributed by atoms with Crippen molar-refractivity contribution in [3.05, 3.63) is 54.5 Å². The molecule has 0 spiro atoms. The first-order chi connectivity index (χ1) is 20.5. The van der Waals surface area contributed by atoms with Crippen molar-refractivity contribution < 1.29 is 42.1 Å². The van der Waals surface area contributed by atoms with Gasteiger partial charge in [-0.25, -0.2) is 14.1 Å². The highest BCUT2D eigenvalue weighted by molar-refractivity contribution is 7.52. The van der Waals surface area contributed by atoms with Crippen molar-refractivity contribution in [2.75, 3.05) is 32.7 Å². The van der Waals surface area contributed by atoms with Gasteiger partial charge in [0.15, 0.2) is 11.6 Å². The number of benzene rings is 1. The Kier molecular flexibility index (Phi) is 8.73. The van der Waals surface area contributed by atoms with E-state index in [9.17, 15) is 14.6 Å². The van der Waals surface area contributed by atoms with E-state index in [1.165, 1.54) is 24.9 Å². The van der Waals surface area contributed by atoms with E-state index >= 15 is 0 Å². The molecule has 2 aliphatic rings. The van der Waals surface area contributed by atoms with Crippen LogP contribution in [0.25, 0.3) is 5.52 Å². The molecule has 15 nitrogen and oxygen atoms in total. The van der Waals surface area contributed by atoms with Crippen LogP contribution >= 0.6 is 7.75 Å². The number of esters is 1. The number of rotatable bonds is 12. The van der Waals surface area contributed by atoms with Gasteiger partial charge in [-0.05, 0) is 45.0 Å². The van der Waals surface area contributed by atoms with Gasteiger partial charge in [-0.1, -0.05) is 18.2 Å². The maximum Gasteiger partial charge on any atom is 0.459 e. The van der Waals surface area contributed by atoms with Gasteiger partial charge >= 0.3 is 13.7 Å². The number of nitrogen functional groups attached to an aromatic ring is 1. The van der Waals surface area contributed by atoms with Crippen LogP contribution in [0.3, 0.4) is 0 Å². The molecule has 0 aliphatic carbocycles. The standard InChI is InChI=1S/C27H33N6O9P/c1-17(25(34)39-19-12-37-13-19)32-43(35,42-18-8-6-5-7-9-18)38-15-27(14-28,36-4)23-22(40-26(2,3)41-23)20-10-11-21-24(29)30-16-31-33(20)21/h5-11,16-17,19,22-23H,12-13,15H2,1-4H3,(H,32,35)(H2,29,30,31)/t17-,22-,23-,27?,43?/m0/s1. The smallest absolute Gasteiger partial charge is 0.456 e. The summed E-state index contributed by atoms with van der Waals surface area (Å²) in [5, 5.41) is 17.4. The van der Waals surface area contributed by atoms with Gasteiger partial charge in [-0.3, -0.25) is 9.32 Å². The maximum absolute atomic E-state index is 14.2. The van der Waals surface area contributed by atoms with E-state index < -0.39 is 56.1 Å². The molecular formula is C27H33N6O9P. The highest BCUT2D eigenvalue weighted by atomic mass is 31.2. The number of carbonyl (C=O) groups is 1. The van der Waals surface area contributed by atoms with E-state index in [1.54, 1.807) is 56.3 Å². The molecule has 2 saturated heterocycles. The Bertz CT molecular complexity index is 1540. The number of nitrogens with zero attached hydrogens (tertiary/aromatic N) is 4. The zero-order valence-electron chi connectivity index (χ0n) is 24.0. The van der Waals surface area contributed by atoms with Gasteiger partial charge in [0.1, 0.15) is 54.6 Å². The van der Waals surface area contributed by atoms with Crippen molar-refractivity contribution in [3.63, 3.8) is 0 Å². The second-order valence-corrected chi connectivity index (χ2v) is 12.2. The number of carbonyl (C=O) groups excluding carboxylic acids is 1. The zero-order chi connectivity index (χ0) is 30.8. The third kappa shape index (κ3) is 6.51.